The van der Waals surface area contributed by atoms with Gasteiger partial charge in [-0.25, -0.2) is 4.79 Å². The third kappa shape index (κ3) is 5.28. The maximum Gasteiger partial charge on any atom is 0.344 e. The van der Waals surface area contributed by atoms with Crippen LogP contribution in [0, 0.1) is 10.1 Å². The fraction of sp³-hybridized carbons (Fsp3) is 0.562. The highest BCUT2D eigenvalue weighted by Gasteiger charge is 2.26. The normalized spacial score (nSPS) is 20.3. The highest BCUT2D eigenvalue weighted by Crippen LogP contribution is 2.35. The fourth-order valence-corrected chi connectivity index (χ4v) is 2.14. The van der Waals surface area contributed by atoms with Gasteiger partial charge in [0, 0.05) is 0 Å². The van der Waals surface area contributed by atoms with Crippen molar-refractivity contribution in [1.29, 1.82) is 0 Å². The van der Waals surface area contributed by atoms with Crippen LogP contribution in [0.1, 0.15) is 5.56 Å². The van der Waals surface area contributed by atoms with Gasteiger partial charge >= 0.3 is 5.97 Å². The zero-order valence-corrected chi connectivity index (χ0v) is 14.2. The molecule has 0 spiro atoms. The van der Waals surface area contributed by atoms with E-state index in [2.05, 4.69) is 0 Å². The summed E-state index contributed by atoms with van der Waals surface area (Å²) in [7, 11) is 1.40. The minimum Gasteiger partial charge on any atom is -0.493 e. The second-order valence-corrected chi connectivity index (χ2v) is 5.79. The Kier molecular flexibility index (Phi) is 5.86. The summed E-state index contributed by atoms with van der Waals surface area (Å²) in [6, 6.07) is 2.67. The van der Waals surface area contributed by atoms with E-state index in [1.807, 2.05) is 0 Å². The third-order valence-electron chi connectivity index (χ3n) is 3.70. The van der Waals surface area contributed by atoms with Crippen molar-refractivity contribution in [2.45, 2.75) is 18.8 Å². The van der Waals surface area contributed by atoms with E-state index in [1.54, 1.807) is 0 Å². The second-order valence-electron chi connectivity index (χ2n) is 5.79. The number of carbonyl (C=O) groups is 1. The molecule has 1 aromatic rings. The number of esters is 1. The maximum atomic E-state index is 11.6. The van der Waals surface area contributed by atoms with Gasteiger partial charge in [-0.15, -0.1) is 0 Å². The van der Waals surface area contributed by atoms with Gasteiger partial charge in [0.25, 0.3) is 5.69 Å². The molecule has 0 N–H and O–H groups in total. The summed E-state index contributed by atoms with van der Waals surface area (Å²) in [5.41, 5.74) is 0.158. The molecule has 0 radical (unpaired) electrons. The number of benzene rings is 1. The Morgan fingerprint density at radius 2 is 1.92 bits per heavy atom. The van der Waals surface area contributed by atoms with Gasteiger partial charge in [-0.1, -0.05) is 0 Å². The van der Waals surface area contributed by atoms with Gasteiger partial charge in [0.15, 0.2) is 18.1 Å². The molecule has 2 unspecified atom stereocenters. The number of nitrogens with zero attached hydrogens (tertiary/aromatic N) is 1. The molecule has 1 aromatic carbocycles. The summed E-state index contributed by atoms with van der Waals surface area (Å²) in [6.07, 6.45) is 0.0144. The molecule has 0 aliphatic carbocycles. The Morgan fingerprint density at radius 1 is 1.23 bits per heavy atom. The van der Waals surface area contributed by atoms with E-state index < -0.39 is 17.5 Å². The van der Waals surface area contributed by atoms with Crippen LogP contribution >= 0.6 is 0 Å². The number of carbonyl (C=O) groups excluding carboxylic acids is 1. The molecule has 2 aliphatic rings. The van der Waals surface area contributed by atoms with Crippen molar-refractivity contribution < 1.29 is 38.1 Å². The van der Waals surface area contributed by atoms with Crippen LogP contribution < -0.4 is 9.47 Å². The minimum absolute atomic E-state index is 0.0379. The van der Waals surface area contributed by atoms with Gasteiger partial charge in [0.2, 0.25) is 0 Å². The van der Waals surface area contributed by atoms with Crippen LogP contribution in [0.4, 0.5) is 5.69 Å². The molecule has 2 atom stereocenters. The van der Waals surface area contributed by atoms with Crippen molar-refractivity contribution in [2.75, 3.05) is 40.1 Å². The van der Waals surface area contributed by atoms with Crippen molar-refractivity contribution in [2.24, 2.45) is 0 Å². The van der Waals surface area contributed by atoms with E-state index >= 15 is 0 Å². The molecule has 3 rings (SSSR count). The van der Waals surface area contributed by atoms with Crippen LogP contribution in [-0.4, -0.2) is 63.2 Å². The van der Waals surface area contributed by atoms with E-state index in [-0.39, 0.29) is 42.6 Å². The van der Waals surface area contributed by atoms with E-state index in [0.29, 0.717) is 25.4 Å². The van der Waals surface area contributed by atoms with Crippen LogP contribution in [0.2, 0.25) is 0 Å². The lowest BCUT2D eigenvalue weighted by atomic mass is 10.1. The van der Waals surface area contributed by atoms with Gasteiger partial charge in [-0.05, 0) is 6.07 Å². The molecule has 0 amide bonds. The van der Waals surface area contributed by atoms with Crippen molar-refractivity contribution in [3.63, 3.8) is 0 Å². The van der Waals surface area contributed by atoms with Crippen molar-refractivity contribution >= 4 is 11.7 Å². The average Bonchev–Trinajstić information content (AvgIpc) is 3.52. The van der Waals surface area contributed by atoms with Crippen molar-refractivity contribution in [1.82, 2.24) is 0 Å². The first kappa shape index (κ1) is 18.4. The number of epoxide rings is 2. The molecule has 142 valence electrons. The third-order valence-corrected chi connectivity index (χ3v) is 3.70. The smallest absolute Gasteiger partial charge is 0.344 e. The number of methoxy groups -OCH3 is 1. The van der Waals surface area contributed by atoms with Crippen molar-refractivity contribution in [3.05, 3.63) is 27.8 Å². The first-order valence-corrected chi connectivity index (χ1v) is 8.01. The van der Waals surface area contributed by atoms with Gasteiger partial charge in [0.1, 0.15) is 18.8 Å². The monoisotopic (exact) mass is 369 g/mol. The Balaban J connectivity index is 1.63. The van der Waals surface area contributed by atoms with E-state index in [9.17, 15) is 14.9 Å². The topological polar surface area (TPSA) is 122 Å². The molecule has 2 fully saturated rings. The Bertz CT molecular complexity index is 670. The molecule has 2 saturated heterocycles. The minimum atomic E-state index is -0.595. The number of nitro benzene ring substituents is 1. The summed E-state index contributed by atoms with van der Waals surface area (Å²) in [5.74, 6) is -0.259. The number of nitro groups is 1. The molecule has 10 heteroatoms. The number of hydrogen-bond donors (Lipinski definition) is 0. The lowest BCUT2D eigenvalue weighted by Gasteiger charge is -2.12. The average molecular weight is 369 g/mol. The predicted octanol–water partition coefficient (Wildman–Crippen LogP) is 0.840. The summed E-state index contributed by atoms with van der Waals surface area (Å²) in [5, 5.41) is 11.3. The predicted molar refractivity (Wildman–Crippen MR) is 85.2 cm³/mol. The van der Waals surface area contributed by atoms with Crippen LogP contribution in [0.25, 0.3) is 0 Å². The zero-order valence-electron chi connectivity index (χ0n) is 14.2. The van der Waals surface area contributed by atoms with Crippen molar-refractivity contribution in [3.8, 4) is 11.5 Å². The second kappa shape index (κ2) is 8.30. The Hall–Kier alpha value is -2.43. The summed E-state index contributed by atoms with van der Waals surface area (Å²) in [4.78, 5) is 22.4. The van der Waals surface area contributed by atoms with E-state index in [4.69, 9.17) is 28.4 Å². The van der Waals surface area contributed by atoms with E-state index in [1.165, 1.54) is 19.2 Å². The standard InChI is InChI=1S/C16H19NO9/c1-21-14-2-10(4-22-5-11-6-23-11)13(17(19)20)3-15(14)25-9-16(18)26-8-12-7-24-12/h2-3,11-12H,4-9H2,1H3. The number of rotatable bonds is 11. The van der Waals surface area contributed by atoms with Crippen LogP contribution in [0.15, 0.2) is 12.1 Å². The molecular formula is C16H19NO9. The van der Waals surface area contributed by atoms with Crippen LogP contribution in [0.3, 0.4) is 0 Å². The molecular weight excluding hydrogens is 350 g/mol. The highest BCUT2D eigenvalue weighted by molar-refractivity contribution is 5.71. The zero-order chi connectivity index (χ0) is 18.5. The van der Waals surface area contributed by atoms with Gasteiger partial charge in [-0.3, -0.25) is 10.1 Å². The first-order chi connectivity index (χ1) is 12.6. The van der Waals surface area contributed by atoms with Crippen LogP contribution in [-0.2, 0) is 30.3 Å². The summed E-state index contributed by atoms with van der Waals surface area (Å²) in [6.45, 7) is 1.39. The largest absolute Gasteiger partial charge is 0.493 e. The fourth-order valence-electron chi connectivity index (χ4n) is 2.14. The molecule has 2 aliphatic heterocycles. The maximum absolute atomic E-state index is 11.6. The molecule has 0 aromatic heterocycles. The number of hydrogen-bond acceptors (Lipinski definition) is 9. The lowest BCUT2D eigenvalue weighted by molar-refractivity contribution is -0.386. The molecule has 10 nitrogen and oxygen atoms in total. The Labute approximate surface area is 149 Å². The highest BCUT2D eigenvalue weighted by atomic mass is 16.6. The van der Waals surface area contributed by atoms with Gasteiger partial charge in [-0.2, -0.15) is 0 Å². The summed E-state index contributed by atoms with van der Waals surface area (Å²) >= 11 is 0. The molecule has 0 saturated carbocycles. The summed E-state index contributed by atoms with van der Waals surface area (Å²) < 4.78 is 30.9. The quantitative estimate of drug-likeness (QED) is 0.242. The number of ether oxygens (including phenoxy) is 6. The van der Waals surface area contributed by atoms with Gasteiger partial charge < -0.3 is 28.4 Å². The van der Waals surface area contributed by atoms with E-state index in [0.717, 1.165) is 0 Å². The SMILES string of the molecule is COc1cc(COCC2CO2)c([N+](=O)[O-])cc1OCC(=O)OCC1CO1. The Morgan fingerprint density at radius 3 is 2.54 bits per heavy atom. The molecule has 0 bridgehead atoms. The first-order valence-electron chi connectivity index (χ1n) is 8.01. The van der Waals surface area contributed by atoms with Gasteiger partial charge in [0.05, 0.1) is 50.1 Å². The van der Waals surface area contributed by atoms with Crippen LogP contribution in [0.5, 0.6) is 11.5 Å². The molecule has 2 heterocycles. The lowest BCUT2D eigenvalue weighted by Crippen LogP contribution is -2.17. The molecule has 26 heavy (non-hydrogen) atoms.